The fraction of sp³-hybridized carbons (Fsp3) is 0.513. The second-order valence-electron chi connectivity index (χ2n) is 14.4. The summed E-state index contributed by atoms with van der Waals surface area (Å²) in [7, 11) is 0. The van der Waals surface area contributed by atoms with Gasteiger partial charge in [0, 0.05) is 18.3 Å². The number of allylic oxidation sites excluding steroid dienone is 15. The molecule has 0 spiro atoms. The maximum Gasteiger partial charge on any atom is 0.161 e. The largest absolute Gasteiger partial charge is 0.393 e. The van der Waals surface area contributed by atoms with Gasteiger partial charge in [-0.2, -0.15) is 0 Å². The third-order valence-electron chi connectivity index (χ3n) is 9.10. The molecule has 2 aliphatic rings. The fourth-order valence-corrected chi connectivity index (χ4v) is 6.47. The molecule has 5 heteroatoms. The molecule has 0 aliphatic heterocycles. The Hall–Kier alpha value is -2.83. The number of carbonyl (C=O) groups excluding carboxylic acids is 1. The minimum absolute atomic E-state index is 0.0126. The summed E-state index contributed by atoms with van der Waals surface area (Å²) in [4.78, 5) is 12.9. The molecule has 242 valence electrons. The lowest BCUT2D eigenvalue weighted by Crippen LogP contribution is -2.51. The molecule has 0 bridgehead atoms. The Morgan fingerprint density at radius 2 is 1.32 bits per heavy atom. The summed E-state index contributed by atoms with van der Waals surface area (Å²) >= 11 is 0. The van der Waals surface area contributed by atoms with Crippen LogP contribution in [0.4, 0.5) is 0 Å². The molecule has 2 aliphatic carbocycles. The average molecular weight is 605 g/mol. The lowest BCUT2D eigenvalue weighted by Gasteiger charge is -2.47. The molecule has 1 saturated carbocycles. The Kier molecular flexibility index (Phi) is 12.7. The van der Waals surface area contributed by atoms with Crippen LogP contribution in [0.5, 0.6) is 0 Å². The van der Waals surface area contributed by atoms with Gasteiger partial charge < -0.3 is 20.4 Å². The van der Waals surface area contributed by atoms with E-state index in [0.717, 1.165) is 22.3 Å². The second kappa shape index (κ2) is 15.0. The van der Waals surface area contributed by atoms with E-state index in [4.69, 9.17) is 0 Å². The van der Waals surface area contributed by atoms with E-state index in [-0.39, 0.29) is 17.6 Å². The number of ketones is 1. The average Bonchev–Trinajstić information content (AvgIpc) is 2.86. The Morgan fingerprint density at radius 3 is 1.84 bits per heavy atom. The topological polar surface area (TPSA) is 98.0 Å². The SMILES string of the molecule is CC1=CC(O)CC(C)(C)[C@@]1(O)CC(=O)/C(C)=C/C=C/C(C)=C/C=C/C=C(C)/C=C/C=C(C)/C=C1\C(C)(C)C[C@H](O)C[C@@]1(C)O. The Morgan fingerprint density at radius 1 is 0.795 bits per heavy atom. The standard InChI is InChI=1S/C39H56O5/c1-27(17-13-19-29(3)21-35-36(6,7)23-33(41)25-38(35,10)43)15-11-12-16-28(2)18-14-20-30(4)34(42)26-39(44)31(5)22-32(40)24-37(39,8)9/h11-22,32-33,40-41,43-44H,23-26H2,1-10H3/b12-11+,17-13+,18-14+,27-15+,28-16+,29-19+,30-20+,35-21+/t32?,33-,38+,39+/m0/s1. The predicted octanol–water partition coefficient (Wildman–Crippen LogP) is 7.73. The molecule has 2 rings (SSSR count). The summed E-state index contributed by atoms with van der Waals surface area (Å²) in [6, 6.07) is 0. The molecule has 4 N–H and O–H groups in total. The molecule has 0 aromatic carbocycles. The van der Waals surface area contributed by atoms with Gasteiger partial charge in [-0.25, -0.2) is 0 Å². The summed E-state index contributed by atoms with van der Waals surface area (Å²) in [5.41, 5.74) is 2.15. The molecular weight excluding hydrogens is 548 g/mol. The number of hydrogen-bond donors (Lipinski definition) is 4. The molecule has 1 unspecified atom stereocenters. The van der Waals surface area contributed by atoms with E-state index in [1.54, 1.807) is 32.9 Å². The molecule has 0 heterocycles. The molecule has 0 saturated heterocycles. The Bertz CT molecular complexity index is 1320. The third-order valence-corrected chi connectivity index (χ3v) is 9.10. The fourth-order valence-electron chi connectivity index (χ4n) is 6.47. The normalized spacial score (nSPS) is 31.4. The minimum atomic E-state index is -1.28. The highest BCUT2D eigenvalue weighted by molar-refractivity contribution is 5.96. The highest BCUT2D eigenvalue weighted by Gasteiger charge is 2.49. The van der Waals surface area contributed by atoms with Crippen LogP contribution in [0.1, 0.15) is 94.9 Å². The van der Waals surface area contributed by atoms with Crippen molar-refractivity contribution in [3.63, 3.8) is 0 Å². The highest BCUT2D eigenvalue weighted by Crippen LogP contribution is 2.47. The number of hydrogen-bond acceptors (Lipinski definition) is 5. The lowest BCUT2D eigenvalue weighted by atomic mass is 9.62. The van der Waals surface area contributed by atoms with Gasteiger partial charge in [0.1, 0.15) is 0 Å². The van der Waals surface area contributed by atoms with E-state index in [2.05, 4.69) is 13.8 Å². The second-order valence-corrected chi connectivity index (χ2v) is 14.4. The van der Waals surface area contributed by atoms with Crippen LogP contribution in [-0.4, -0.2) is 49.6 Å². The molecule has 1 fully saturated rings. The molecule has 0 aromatic rings. The number of aliphatic hydroxyl groups is 4. The van der Waals surface area contributed by atoms with Gasteiger partial charge in [-0.1, -0.05) is 117 Å². The van der Waals surface area contributed by atoms with Crippen molar-refractivity contribution in [2.24, 2.45) is 10.8 Å². The zero-order valence-electron chi connectivity index (χ0n) is 28.6. The Labute approximate surface area is 266 Å². The monoisotopic (exact) mass is 604 g/mol. The molecule has 4 atom stereocenters. The van der Waals surface area contributed by atoms with Gasteiger partial charge in [0.25, 0.3) is 0 Å². The van der Waals surface area contributed by atoms with Crippen molar-refractivity contribution >= 4 is 5.78 Å². The number of Topliss-reactive ketones (excluding diaryl/α,β-unsaturated/α-hetero) is 1. The molecule has 44 heavy (non-hydrogen) atoms. The van der Waals surface area contributed by atoms with Gasteiger partial charge in [-0.3, -0.25) is 4.79 Å². The summed E-state index contributed by atoms with van der Waals surface area (Å²) in [5, 5.41) is 42.5. The van der Waals surface area contributed by atoms with Crippen LogP contribution in [-0.2, 0) is 4.79 Å². The zero-order chi connectivity index (χ0) is 33.5. The smallest absolute Gasteiger partial charge is 0.161 e. The van der Waals surface area contributed by atoms with Crippen molar-refractivity contribution < 1.29 is 25.2 Å². The van der Waals surface area contributed by atoms with Crippen molar-refractivity contribution in [3.8, 4) is 0 Å². The number of rotatable bonds is 10. The lowest BCUT2D eigenvalue weighted by molar-refractivity contribution is -0.126. The van der Waals surface area contributed by atoms with E-state index in [1.807, 2.05) is 95.4 Å². The number of carbonyl (C=O) groups is 1. The summed E-state index contributed by atoms with van der Waals surface area (Å²) in [6.45, 7) is 19.3. The van der Waals surface area contributed by atoms with Crippen LogP contribution in [0, 0.1) is 10.8 Å². The van der Waals surface area contributed by atoms with Crippen LogP contribution in [0.3, 0.4) is 0 Å². The van der Waals surface area contributed by atoms with E-state index in [0.29, 0.717) is 30.4 Å². The molecule has 0 amide bonds. The van der Waals surface area contributed by atoms with Gasteiger partial charge in [-0.15, -0.1) is 0 Å². The first-order valence-corrected chi connectivity index (χ1v) is 15.7. The van der Waals surface area contributed by atoms with E-state index in [1.165, 1.54) is 0 Å². The van der Waals surface area contributed by atoms with Crippen LogP contribution in [0.2, 0.25) is 0 Å². The van der Waals surface area contributed by atoms with E-state index < -0.39 is 28.8 Å². The van der Waals surface area contributed by atoms with E-state index >= 15 is 0 Å². The van der Waals surface area contributed by atoms with Crippen molar-refractivity contribution in [1.29, 1.82) is 0 Å². The molecule has 5 nitrogen and oxygen atoms in total. The van der Waals surface area contributed by atoms with Crippen molar-refractivity contribution in [2.45, 2.75) is 118 Å². The van der Waals surface area contributed by atoms with Crippen molar-refractivity contribution in [1.82, 2.24) is 0 Å². The minimum Gasteiger partial charge on any atom is -0.393 e. The van der Waals surface area contributed by atoms with Crippen molar-refractivity contribution in [2.75, 3.05) is 0 Å². The van der Waals surface area contributed by atoms with Crippen LogP contribution < -0.4 is 0 Å². The van der Waals surface area contributed by atoms with Gasteiger partial charge in [-0.05, 0) is 76.5 Å². The first-order valence-electron chi connectivity index (χ1n) is 15.7. The molecular formula is C39H56O5. The first kappa shape index (κ1) is 37.4. The van der Waals surface area contributed by atoms with Crippen LogP contribution in [0.25, 0.3) is 0 Å². The van der Waals surface area contributed by atoms with E-state index in [9.17, 15) is 25.2 Å². The highest BCUT2D eigenvalue weighted by atomic mass is 16.3. The first-order chi connectivity index (χ1) is 20.2. The van der Waals surface area contributed by atoms with Crippen LogP contribution in [0.15, 0.2) is 106 Å². The summed E-state index contributed by atoms with van der Waals surface area (Å²) in [5.74, 6) is -0.115. The van der Waals surface area contributed by atoms with Gasteiger partial charge in [0.05, 0.1) is 23.4 Å². The predicted molar refractivity (Wildman–Crippen MR) is 183 cm³/mol. The number of aliphatic hydroxyl groups excluding tert-OH is 2. The van der Waals surface area contributed by atoms with Gasteiger partial charge >= 0.3 is 0 Å². The summed E-state index contributed by atoms with van der Waals surface area (Å²) in [6.07, 6.45) is 23.6. The van der Waals surface area contributed by atoms with Gasteiger partial charge in [0.15, 0.2) is 5.78 Å². The summed E-state index contributed by atoms with van der Waals surface area (Å²) < 4.78 is 0. The molecule has 0 radical (unpaired) electrons. The van der Waals surface area contributed by atoms with Crippen molar-refractivity contribution in [3.05, 3.63) is 106 Å². The maximum atomic E-state index is 12.9. The zero-order valence-corrected chi connectivity index (χ0v) is 28.6. The van der Waals surface area contributed by atoms with Gasteiger partial charge in [0.2, 0.25) is 0 Å². The van der Waals surface area contributed by atoms with Crippen LogP contribution >= 0.6 is 0 Å². The third kappa shape index (κ3) is 10.1. The Balaban J connectivity index is 1.97. The molecule has 0 aromatic heterocycles. The quantitative estimate of drug-likeness (QED) is 0.116. The maximum absolute atomic E-state index is 12.9.